The standard InChI is InChI=1S/C26H28FN5O3S/c1-15-12-32-14-18(11-19(27)22(32)28-15)29-23(33)21-10-16-7-8-20(30-24(16)36-21)17-6-5-9-31(13-17)25(34)35-26(2,3)4/h7-8,10-12,14,17H,5-6,9,13H2,1-4H3,(H,29,33)/t17-/m1/s1. The van der Waals surface area contributed by atoms with Crippen molar-refractivity contribution in [2.45, 2.75) is 52.1 Å². The van der Waals surface area contributed by atoms with E-state index < -0.39 is 11.4 Å². The fourth-order valence-corrected chi connectivity index (χ4v) is 5.36. The maximum absolute atomic E-state index is 14.4. The molecule has 1 saturated heterocycles. The van der Waals surface area contributed by atoms with Crippen LogP contribution in [0.4, 0.5) is 14.9 Å². The van der Waals surface area contributed by atoms with E-state index in [1.165, 1.54) is 17.4 Å². The van der Waals surface area contributed by atoms with Crippen molar-refractivity contribution in [3.8, 4) is 0 Å². The first-order valence-electron chi connectivity index (χ1n) is 11.9. The largest absolute Gasteiger partial charge is 0.444 e. The molecule has 1 atom stereocenters. The van der Waals surface area contributed by atoms with Crippen LogP contribution in [0.3, 0.4) is 0 Å². The predicted octanol–water partition coefficient (Wildman–Crippen LogP) is 5.76. The number of aryl methyl sites for hydroxylation is 1. The van der Waals surface area contributed by atoms with Crippen LogP contribution in [-0.4, -0.2) is 50.0 Å². The lowest BCUT2D eigenvalue weighted by Crippen LogP contribution is -2.42. The molecule has 0 unspecified atom stereocenters. The second-order valence-corrected chi connectivity index (χ2v) is 11.2. The number of nitrogens with zero attached hydrogens (tertiary/aromatic N) is 4. The van der Waals surface area contributed by atoms with Crippen LogP contribution in [-0.2, 0) is 4.74 Å². The van der Waals surface area contributed by atoms with E-state index in [2.05, 4.69) is 10.3 Å². The lowest BCUT2D eigenvalue weighted by Gasteiger charge is -2.33. The minimum Gasteiger partial charge on any atom is -0.444 e. The van der Waals surface area contributed by atoms with Crippen LogP contribution >= 0.6 is 11.3 Å². The number of hydrogen-bond donors (Lipinski definition) is 1. The molecule has 1 aliphatic rings. The lowest BCUT2D eigenvalue weighted by molar-refractivity contribution is 0.0197. The van der Waals surface area contributed by atoms with Crippen molar-refractivity contribution in [1.29, 1.82) is 0 Å². The first-order chi connectivity index (χ1) is 17.1. The molecule has 1 fully saturated rings. The molecule has 4 aromatic heterocycles. The third-order valence-electron chi connectivity index (χ3n) is 6.00. The van der Waals surface area contributed by atoms with Crippen molar-refractivity contribution < 1.29 is 18.7 Å². The number of likely N-dealkylation sites (tertiary alicyclic amines) is 1. The number of aromatic nitrogens is 3. The van der Waals surface area contributed by atoms with Gasteiger partial charge in [0, 0.05) is 48.5 Å². The Labute approximate surface area is 212 Å². The third kappa shape index (κ3) is 5.04. The van der Waals surface area contributed by atoms with Gasteiger partial charge in [0.2, 0.25) is 0 Å². The molecule has 0 aromatic carbocycles. The van der Waals surface area contributed by atoms with E-state index in [0.29, 0.717) is 29.3 Å². The van der Waals surface area contributed by atoms with Gasteiger partial charge in [-0.15, -0.1) is 11.3 Å². The van der Waals surface area contributed by atoms with Gasteiger partial charge in [0.15, 0.2) is 11.5 Å². The topological polar surface area (TPSA) is 88.8 Å². The number of anilines is 1. The number of rotatable bonds is 3. The Morgan fingerprint density at radius 3 is 2.78 bits per heavy atom. The van der Waals surface area contributed by atoms with Gasteiger partial charge in [-0.05, 0) is 52.7 Å². The van der Waals surface area contributed by atoms with Gasteiger partial charge in [0.1, 0.15) is 10.4 Å². The summed E-state index contributed by atoms with van der Waals surface area (Å²) in [4.78, 5) is 37.4. The van der Waals surface area contributed by atoms with Crippen LogP contribution in [0.2, 0.25) is 0 Å². The molecule has 0 spiro atoms. The van der Waals surface area contributed by atoms with E-state index in [9.17, 15) is 14.0 Å². The lowest BCUT2D eigenvalue weighted by atomic mass is 9.94. The minimum absolute atomic E-state index is 0.100. The molecule has 5 rings (SSSR count). The Hall–Kier alpha value is -3.53. The van der Waals surface area contributed by atoms with Crippen LogP contribution in [0.1, 0.15) is 60.6 Å². The normalized spacial score (nSPS) is 16.5. The van der Waals surface area contributed by atoms with E-state index >= 15 is 0 Å². The maximum atomic E-state index is 14.4. The number of pyridine rings is 2. The first-order valence-corrected chi connectivity index (χ1v) is 12.7. The summed E-state index contributed by atoms with van der Waals surface area (Å²) in [6, 6.07) is 6.97. The highest BCUT2D eigenvalue weighted by Crippen LogP contribution is 2.31. The summed E-state index contributed by atoms with van der Waals surface area (Å²) >= 11 is 1.29. The zero-order valence-corrected chi connectivity index (χ0v) is 21.5. The molecule has 0 aliphatic carbocycles. The predicted molar refractivity (Wildman–Crippen MR) is 137 cm³/mol. The van der Waals surface area contributed by atoms with Crippen LogP contribution < -0.4 is 5.32 Å². The van der Waals surface area contributed by atoms with E-state index in [1.807, 2.05) is 32.9 Å². The van der Waals surface area contributed by atoms with Gasteiger partial charge < -0.3 is 19.4 Å². The molecule has 1 N–H and O–H groups in total. The smallest absolute Gasteiger partial charge is 0.410 e. The molecule has 10 heteroatoms. The summed E-state index contributed by atoms with van der Waals surface area (Å²) in [7, 11) is 0. The Morgan fingerprint density at radius 1 is 1.19 bits per heavy atom. The quantitative estimate of drug-likeness (QED) is 0.379. The van der Waals surface area contributed by atoms with E-state index in [0.717, 1.165) is 28.8 Å². The number of imidazole rings is 1. The van der Waals surface area contributed by atoms with Gasteiger partial charge in [-0.1, -0.05) is 6.07 Å². The number of ether oxygens (including phenoxy) is 1. The molecule has 4 aromatic rings. The van der Waals surface area contributed by atoms with Crippen molar-refractivity contribution in [1.82, 2.24) is 19.3 Å². The highest BCUT2D eigenvalue weighted by molar-refractivity contribution is 7.20. The molecule has 2 amide bonds. The zero-order chi connectivity index (χ0) is 25.6. The SMILES string of the molecule is Cc1cn2cc(NC(=O)c3cc4ccc([C@@H]5CCCN(C(=O)OC(C)(C)C)C5)nc4s3)cc(F)c2n1. The Bertz CT molecular complexity index is 1470. The van der Waals surface area contributed by atoms with Gasteiger partial charge in [0.25, 0.3) is 5.91 Å². The van der Waals surface area contributed by atoms with Gasteiger partial charge >= 0.3 is 6.09 Å². The molecular weight excluding hydrogens is 481 g/mol. The number of nitrogens with one attached hydrogen (secondary N) is 1. The number of halogens is 1. The van der Waals surface area contributed by atoms with Crippen LogP contribution in [0.15, 0.2) is 36.7 Å². The van der Waals surface area contributed by atoms with Crippen molar-refractivity contribution in [3.05, 3.63) is 58.7 Å². The second kappa shape index (κ2) is 9.16. The van der Waals surface area contributed by atoms with Gasteiger partial charge in [-0.2, -0.15) is 0 Å². The summed E-state index contributed by atoms with van der Waals surface area (Å²) in [5.74, 6) is -0.733. The fraction of sp³-hybridized carbons (Fsp3) is 0.385. The summed E-state index contributed by atoms with van der Waals surface area (Å²) in [6.45, 7) is 8.58. The fourth-order valence-electron chi connectivity index (χ4n) is 4.42. The number of carbonyl (C=O) groups excluding carboxylic acids is 2. The summed E-state index contributed by atoms with van der Waals surface area (Å²) in [5, 5.41) is 3.63. The Kier molecular flexibility index (Phi) is 6.15. The van der Waals surface area contributed by atoms with Crippen LogP contribution in [0.25, 0.3) is 15.9 Å². The number of amides is 2. The molecule has 36 heavy (non-hydrogen) atoms. The van der Waals surface area contributed by atoms with Crippen LogP contribution in [0.5, 0.6) is 0 Å². The van der Waals surface area contributed by atoms with Crippen molar-refractivity contribution in [2.24, 2.45) is 0 Å². The van der Waals surface area contributed by atoms with Gasteiger partial charge in [-0.3, -0.25) is 4.79 Å². The molecule has 1 aliphatic heterocycles. The average Bonchev–Trinajstić information content (AvgIpc) is 3.41. The molecule has 0 radical (unpaired) electrons. The summed E-state index contributed by atoms with van der Waals surface area (Å²) < 4.78 is 21.5. The zero-order valence-electron chi connectivity index (χ0n) is 20.7. The van der Waals surface area contributed by atoms with Crippen molar-refractivity contribution in [2.75, 3.05) is 18.4 Å². The second-order valence-electron chi connectivity index (χ2n) is 10.2. The number of piperidine rings is 1. The van der Waals surface area contributed by atoms with E-state index in [-0.39, 0.29) is 23.6 Å². The molecule has 0 saturated carbocycles. The summed E-state index contributed by atoms with van der Waals surface area (Å²) in [6.07, 6.45) is 4.84. The van der Waals surface area contributed by atoms with Gasteiger partial charge in [-0.25, -0.2) is 19.2 Å². The Balaban J connectivity index is 1.32. The molecule has 0 bridgehead atoms. The number of thiophene rings is 1. The minimum atomic E-state index is -0.537. The number of fused-ring (bicyclic) bond motifs is 2. The highest BCUT2D eigenvalue weighted by atomic mass is 32.1. The Morgan fingerprint density at radius 2 is 2.00 bits per heavy atom. The number of hydrogen-bond acceptors (Lipinski definition) is 6. The van der Waals surface area contributed by atoms with Gasteiger partial charge in [0.05, 0.1) is 16.3 Å². The van der Waals surface area contributed by atoms with Crippen molar-refractivity contribution >= 4 is 44.9 Å². The first kappa shape index (κ1) is 24.2. The monoisotopic (exact) mass is 509 g/mol. The van der Waals surface area contributed by atoms with Crippen molar-refractivity contribution in [3.63, 3.8) is 0 Å². The average molecular weight is 510 g/mol. The highest BCUT2D eigenvalue weighted by Gasteiger charge is 2.29. The molecular formula is C26H28FN5O3S. The number of carbonyl (C=O) groups is 2. The molecule has 188 valence electrons. The third-order valence-corrected chi connectivity index (χ3v) is 7.05. The van der Waals surface area contributed by atoms with Crippen LogP contribution in [0, 0.1) is 12.7 Å². The molecule has 5 heterocycles. The van der Waals surface area contributed by atoms with E-state index in [4.69, 9.17) is 9.72 Å². The maximum Gasteiger partial charge on any atom is 0.410 e. The molecule has 8 nitrogen and oxygen atoms in total. The summed E-state index contributed by atoms with van der Waals surface area (Å²) in [5.41, 5.74) is 1.61. The van der Waals surface area contributed by atoms with E-state index in [1.54, 1.807) is 34.7 Å².